The Bertz CT molecular complexity index is 370. The minimum Gasteiger partial charge on any atom is -0.474 e. The molecule has 2 rings (SSSR count). The van der Waals surface area contributed by atoms with Crippen molar-refractivity contribution in [2.24, 2.45) is 5.92 Å². The lowest BCUT2D eigenvalue weighted by Crippen LogP contribution is -2.24. The molecule has 0 spiro atoms. The Labute approximate surface area is 109 Å². The summed E-state index contributed by atoms with van der Waals surface area (Å²) < 4.78 is 5.99. The average Bonchev–Trinajstić information content (AvgIpc) is 2.38. The highest BCUT2D eigenvalue weighted by Gasteiger charge is 2.20. The summed E-state index contributed by atoms with van der Waals surface area (Å²) in [5.74, 6) is 1.42. The van der Waals surface area contributed by atoms with Crippen LogP contribution in [0.4, 0.5) is 0 Å². The molecule has 1 aromatic heterocycles. The Balaban J connectivity index is 2.07. The third-order valence-corrected chi connectivity index (χ3v) is 3.64. The Morgan fingerprint density at radius 3 is 2.89 bits per heavy atom. The highest BCUT2D eigenvalue weighted by atomic mass is 16.5. The number of ether oxygens (including phenoxy) is 1. The van der Waals surface area contributed by atoms with E-state index >= 15 is 0 Å². The van der Waals surface area contributed by atoms with E-state index in [2.05, 4.69) is 18.8 Å². The maximum absolute atomic E-state index is 9.25. The van der Waals surface area contributed by atoms with Gasteiger partial charge in [0.2, 0.25) is 5.88 Å². The number of aromatic nitrogens is 1. The van der Waals surface area contributed by atoms with Crippen LogP contribution in [0.15, 0.2) is 12.1 Å². The van der Waals surface area contributed by atoms with Crippen LogP contribution in [0.5, 0.6) is 5.88 Å². The van der Waals surface area contributed by atoms with Crippen molar-refractivity contribution >= 4 is 0 Å². The van der Waals surface area contributed by atoms with Crippen LogP contribution in [0.1, 0.15) is 50.8 Å². The van der Waals surface area contributed by atoms with E-state index in [1.54, 1.807) is 0 Å². The van der Waals surface area contributed by atoms with E-state index in [1.165, 1.54) is 12.8 Å². The minimum atomic E-state index is 0.0486. The molecule has 1 aromatic rings. The molecule has 1 N–H and O–H groups in total. The lowest BCUT2D eigenvalue weighted by Gasteiger charge is -2.27. The number of hydrogen-bond donors (Lipinski definition) is 1. The van der Waals surface area contributed by atoms with Gasteiger partial charge in [-0.25, -0.2) is 4.98 Å². The largest absolute Gasteiger partial charge is 0.474 e. The first kappa shape index (κ1) is 13.3. The Morgan fingerprint density at radius 1 is 1.39 bits per heavy atom. The quantitative estimate of drug-likeness (QED) is 0.891. The van der Waals surface area contributed by atoms with E-state index in [0.29, 0.717) is 12.0 Å². The molecule has 3 heteroatoms. The van der Waals surface area contributed by atoms with Crippen LogP contribution in [0, 0.1) is 5.92 Å². The Hall–Kier alpha value is -1.09. The number of rotatable bonds is 4. The third kappa shape index (κ3) is 3.45. The lowest BCUT2D eigenvalue weighted by molar-refractivity contribution is 0.123. The maximum Gasteiger partial charge on any atom is 0.214 e. The second-order valence-corrected chi connectivity index (χ2v) is 5.33. The van der Waals surface area contributed by atoms with Gasteiger partial charge in [0.15, 0.2) is 0 Å². The number of aliphatic hydroxyl groups excluding tert-OH is 1. The fourth-order valence-electron chi connectivity index (χ4n) is 2.61. The fourth-order valence-corrected chi connectivity index (χ4v) is 2.61. The van der Waals surface area contributed by atoms with Gasteiger partial charge in [-0.3, -0.25) is 0 Å². The van der Waals surface area contributed by atoms with Crippen molar-refractivity contribution < 1.29 is 9.84 Å². The predicted molar refractivity (Wildman–Crippen MR) is 71.6 cm³/mol. The van der Waals surface area contributed by atoms with E-state index in [1.807, 2.05) is 12.1 Å². The van der Waals surface area contributed by atoms with Crippen LogP contribution in [-0.2, 0) is 13.0 Å². The van der Waals surface area contributed by atoms with Crippen LogP contribution in [0.3, 0.4) is 0 Å². The van der Waals surface area contributed by atoms with Gasteiger partial charge < -0.3 is 9.84 Å². The van der Waals surface area contributed by atoms with Gasteiger partial charge in [0.1, 0.15) is 6.10 Å². The lowest BCUT2D eigenvalue weighted by atomic mass is 9.89. The Kier molecular flexibility index (Phi) is 4.59. The Morgan fingerprint density at radius 2 is 2.22 bits per heavy atom. The molecule has 2 unspecified atom stereocenters. The van der Waals surface area contributed by atoms with Gasteiger partial charge in [0, 0.05) is 11.8 Å². The van der Waals surface area contributed by atoms with E-state index in [9.17, 15) is 5.11 Å². The predicted octanol–water partition coefficient (Wildman–Crippen LogP) is 3.09. The highest BCUT2D eigenvalue weighted by molar-refractivity contribution is 5.25. The number of aryl methyl sites for hydroxylation is 1. The zero-order valence-electron chi connectivity index (χ0n) is 11.4. The molecule has 1 aliphatic rings. The number of hydrogen-bond acceptors (Lipinski definition) is 3. The highest BCUT2D eigenvalue weighted by Crippen LogP contribution is 2.27. The van der Waals surface area contributed by atoms with Crippen LogP contribution in [-0.4, -0.2) is 16.2 Å². The van der Waals surface area contributed by atoms with Gasteiger partial charge in [0.05, 0.1) is 6.61 Å². The van der Waals surface area contributed by atoms with Gasteiger partial charge in [-0.1, -0.05) is 20.3 Å². The molecular formula is C15H23NO2. The zero-order chi connectivity index (χ0) is 13.0. The average molecular weight is 249 g/mol. The first-order valence-corrected chi connectivity index (χ1v) is 6.98. The van der Waals surface area contributed by atoms with Crippen LogP contribution < -0.4 is 4.74 Å². The van der Waals surface area contributed by atoms with Crippen molar-refractivity contribution in [1.29, 1.82) is 0 Å². The van der Waals surface area contributed by atoms with E-state index in [0.717, 1.165) is 36.4 Å². The fraction of sp³-hybridized carbons (Fsp3) is 0.667. The number of pyridine rings is 1. The van der Waals surface area contributed by atoms with Crippen molar-refractivity contribution in [3.63, 3.8) is 0 Å². The van der Waals surface area contributed by atoms with Gasteiger partial charge in [0.25, 0.3) is 0 Å². The molecular weight excluding hydrogens is 226 g/mol. The van der Waals surface area contributed by atoms with Crippen LogP contribution in [0.2, 0.25) is 0 Å². The summed E-state index contributed by atoms with van der Waals surface area (Å²) in [5, 5.41) is 9.25. The van der Waals surface area contributed by atoms with Gasteiger partial charge >= 0.3 is 0 Å². The van der Waals surface area contributed by atoms with Crippen LogP contribution in [0.25, 0.3) is 0 Å². The van der Waals surface area contributed by atoms with E-state index in [-0.39, 0.29) is 6.61 Å². The van der Waals surface area contributed by atoms with Crippen LogP contribution >= 0.6 is 0 Å². The zero-order valence-corrected chi connectivity index (χ0v) is 11.4. The molecule has 0 bridgehead atoms. The first-order valence-electron chi connectivity index (χ1n) is 6.98. The smallest absolute Gasteiger partial charge is 0.214 e. The topological polar surface area (TPSA) is 42.4 Å². The van der Waals surface area contributed by atoms with Crippen molar-refractivity contribution in [2.45, 2.75) is 58.7 Å². The van der Waals surface area contributed by atoms with Gasteiger partial charge in [-0.05, 0) is 43.2 Å². The molecule has 1 fully saturated rings. The molecule has 18 heavy (non-hydrogen) atoms. The standard InChI is InChI=1S/C15H23NO2/c1-3-13-8-12(10-17)9-15(16-13)18-14-6-4-5-11(2)7-14/h8-9,11,14,17H,3-7,10H2,1-2H3. The molecule has 2 atom stereocenters. The summed E-state index contributed by atoms with van der Waals surface area (Å²) in [7, 11) is 0. The van der Waals surface area contributed by atoms with E-state index in [4.69, 9.17) is 4.74 Å². The van der Waals surface area contributed by atoms with E-state index < -0.39 is 0 Å². The summed E-state index contributed by atoms with van der Waals surface area (Å²) in [6, 6.07) is 3.80. The van der Waals surface area contributed by atoms with Gasteiger partial charge in [-0.2, -0.15) is 0 Å². The summed E-state index contributed by atoms with van der Waals surface area (Å²) in [4.78, 5) is 4.49. The second-order valence-electron chi connectivity index (χ2n) is 5.33. The SMILES string of the molecule is CCc1cc(CO)cc(OC2CCCC(C)C2)n1. The van der Waals surface area contributed by atoms with Crippen molar-refractivity contribution in [1.82, 2.24) is 4.98 Å². The molecule has 0 amide bonds. The van der Waals surface area contributed by atoms with Crippen molar-refractivity contribution in [3.05, 3.63) is 23.4 Å². The molecule has 1 saturated carbocycles. The summed E-state index contributed by atoms with van der Waals surface area (Å²) >= 11 is 0. The monoisotopic (exact) mass is 249 g/mol. The second kappa shape index (κ2) is 6.19. The summed E-state index contributed by atoms with van der Waals surface area (Å²) in [6.07, 6.45) is 5.95. The molecule has 0 radical (unpaired) electrons. The molecule has 0 saturated heterocycles. The third-order valence-electron chi connectivity index (χ3n) is 3.64. The summed E-state index contributed by atoms with van der Waals surface area (Å²) in [5.41, 5.74) is 1.88. The normalized spacial score (nSPS) is 23.9. The minimum absolute atomic E-state index is 0.0486. The molecule has 1 aliphatic carbocycles. The number of aliphatic hydroxyl groups is 1. The maximum atomic E-state index is 9.25. The molecule has 1 heterocycles. The van der Waals surface area contributed by atoms with Gasteiger partial charge in [-0.15, -0.1) is 0 Å². The molecule has 0 aromatic carbocycles. The molecule has 100 valence electrons. The van der Waals surface area contributed by atoms with Crippen molar-refractivity contribution in [2.75, 3.05) is 0 Å². The number of nitrogens with zero attached hydrogens (tertiary/aromatic N) is 1. The first-order chi connectivity index (χ1) is 8.71. The molecule has 0 aliphatic heterocycles. The molecule has 3 nitrogen and oxygen atoms in total. The summed E-state index contributed by atoms with van der Waals surface area (Å²) in [6.45, 7) is 4.40. The van der Waals surface area contributed by atoms with Crippen molar-refractivity contribution in [3.8, 4) is 5.88 Å².